The molecule has 1 atom stereocenters. The van der Waals surface area contributed by atoms with Crippen molar-refractivity contribution in [2.75, 3.05) is 32.6 Å². The van der Waals surface area contributed by atoms with Gasteiger partial charge in [0.15, 0.2) is 0 Å². The number of anilines is 2. The van der Waals surface area contributed by atoms with Crippen molar-refractivity contribution in [3.8, 4) is 17.0 Å². The second kappa shape index (κ2) is 9.45. The van der Waals surface area contributed by atoms with Gasteiger partial charge in [-0.25, -0.2) is 14.4 Å². The highest BCUT2D eigenvalue weighted by Crippen LogP contribution is 2.36. The second-order valence-electron chi connectivity index (χ2n) is 9.52. The number of pyridine rings is 2. The fourth-order valence-corrected chi connectivity index (χ4v) is 4.85. The first-order valence-electron chi connectivity index (χ1n) is 12.2. The molecule has 10 heteroatoms. The average Bonchev–Trinajstić information content (AvgIpc) is 3.61. The van der Waals surface area contributed by atoms with Crippen LogP contribution in [-0.4, -0.2) is 58.6 Å². The van der Waals surface area contributed by atoms with Gasteiger partial charge in [-0.2, -0.15) is 0 Å². The van der Waals surface area contributed by atoms with E-state index in [9.17, 15) is 9.18 Å². The molecule has 2 N–H and O–H groups in total. The summed E-state index contributed by atoms with van der Waals surface area (Å²) in [5, 5.41) is 6.27. The van der Waals surface area contributed by atoms with Crippen molar-refractivity contribution in [2.24, 2.45) is 0 Å². The number of imidazole rings is 1. The molecule has 0 radical (unpaired) electrons. The molecule has 9 nitrogen and oxygen atoms in total. The third-order valence-corrected chi connectivity index (χ3v) is 6.56. The minimum absolute atomic E-state index is 0.0251. The molecule has 3 aromatic heterocycles. The van der Waals surface area contributed by atoms with Gasteiger partial charge in [-0.15, -0.1) is 0 Å². The number of ether oxygens (including phenoxy) is 2. The predicted molar refractivity (Wildman–Crippen MR) is 137 cm³/mol. The number of benzene rings is 1. The molecule has 0 aliphatic carbocycles. The lowest BCUT2D eigenvalue weighted by atomic mass is 9.99. The lowest BCUT2D eigenvalue weighted by Gasteiger charge is -2.19. The van der Waals surface area contributed by atoms with Crippen LogP contribution in [0.5, 0.6) is 5.75 Å². The fraction of sp³-hybridized carbons (Fsp3) is 0.296. The Kier molecular flexibility index (Phi) is 5.97. The van der Waals surface area contributed by atoms with Crippen LogP contribution < -0.4 is 15.4 Å². The van der Waals surface area contributed by atoms with Gasteiger partial charge in [0.1, 0.15) is 29.1 Å². The number of carbonyl (C=O) groups excluding carboxylic acids is 1. The summed E-state index contributed by atoms with van der Waals surface area (Å²) in [6, 6.07) is 10.4. The van der Waals surface area contributed by atoms with Crippen LogP contribution in [0.4, 0.5) is 15.9 Å². The Labute approximate surface area is 213 Å². The zero-order valence-corrected chi connectivity index (χ0v) is 20.6. The SMILES string of the molecule is CN(C)Cc1nc(Nc2ccc(-c3cnc4cc(F)ccn34)c3c2C(=O)NC3)ccc1O[C@H]1CCOC1. The Balaban J connectivity index is 1.35. The Morgan fingerprint density at radius 3 is 2.97 bits per heavy atom. The number of amides is 1. The van der Waals surface area contributed by atoms with E-state index in [1.54, 1.807) is 12.4 Å². The summed E-state index contributed by atoms with van der Waals surface area (Å²) in [4.78, 5) is 24.1. The van der Waals surface area contributed by atoms with Crippen LogP contribution in [0.3, 0.4) is 0 Å². The van der Waals surface area contributed by atoms with Crippen molar-refractivity contribution in [3.05, 3.63) is 71.4 Å². The van der Waals surface area contributed by atoms with E-state index in [0.717, 1.165) is 34.7 Å². The van der Waals surface area contributed by atoms with E-state index in [4.69, 9.17) is 14.5 Å². The van der Waals surface area contributed by atoms with Crippen molar-refractivity contribution in [1.29, 1.82) is 0 Å². The molecule has 6 rings (SSSR count). The highest BCUT2D eigenvalue weighted by atomic mass is 19.1. The Hall–Kier alpha value is -4.02. The lowest BCUT2D eigenvalue weighted by Crippen LogP contribution is -2.19. The van der Waals surface area contributed by atoms with Crippen LogP contribution in [0, 0.1) is 5.82 Å². The highest BCUT2D eigenvalue weighted by Gasteiger charge is 2.27. The fourth-order valence-electron chi connectivity index (χ4n) is 4.85. The van der Waals surface area contributed by atoms with E-state index in [1.807, 2.05) is 47.7 Å². The number of hydrogen-bond donors (Lipinski definition) is 2. The zero-order valence-electron chi connectivity index (χ0n) is 20.6. The largest absolute Gasteiger partial charge is 0.486 e. The van der Waals surface area contributed by atoms with Gasteiger partial charge in [-0.1, -0.05) is 6.07 Å². The summed E-state index contributed by atoms with van der Waals surface area (Å²) >= 11 is 0. The van der Waals surface area contributed by atoms with Gasteiger partial charge in [0.2, 0.25) is 0 Å². The summed E-state index contributed by atoms with van der Waals surface area (Å²) in [5.74, 6) is 0.846. The monoisotopic (exact) mass is 502 g/mol. The van der Waals surface area contributed by atoms with E-state index in [2.05, 4.69) is 15.6 Å². The number of nitrogens with one attached hydrogen (secondary N) is 2. The van der Waals surface area contributed by atoms with Crippen molar-refractivity contribution in [2.45, 2.75) is 25.6 Å². The molecule has 5 heterocycles. The van der Waals surface area contributed by atoms with E-state index in [0.29, 0.717) is 49.0 Å². The summed E-state index contributed by atoms with van der Waals surface area (Å²) < 4.78 is 27.1. The molecule has 2 aliphatic heterocycles. The first-order valence-corrected chi connectivity index (χ1v) is 12.2. The molecule has 0 unspecified atom stereocenters. The standard InChI is InChI=1S/C27H27FN6O3/c1-33(2)14-21-23(37-17-8-10-36-15-17)5-6-24(32-21)31-20-4-3-18(19-12-30-27(35)26(19)20)22-13-29-25-11-16(28)7-9-34(22)25/h3-7,9,11,13,17H,8,10,12,14-15H2,1-2H3,(H,30,35)(H,31,32)/t17-/m0/s1. The Morgan fingerprint density at radius 1 is 1.27 bits per heavy atom. The van der Waals surface area contributed by atoms with Gasteiger partial charge in [0, 0.05) is 37.3 Å². The second-order valence-corrected chi connectivity index (χ2v) is 9.52. The smallest absolute Gasteiger partial charge is 0.254 e. The molecular weight excluding hydrogens is 475 g/mol. The summed E-state index contributed by atoms with van der Waals surface area (Å²) in [6.45, 7) is 2.28. The molecule has 1 amide bonds. The topological polar surface area (TPSA) is 93.0 Å². The molecule has 190 valence electrons. The number of nitrogens with zero attached hydrogens (tertiary/aromatic N) is 4. The number of fused-ring (bicyclic) bond motifs is 2. The molecule has 0 saturated carbocycles. The number of hydrogen-bond acceptors (Lipinski definition) is 7. The molecular formula is C27H27FN6O3. The van der Waals surface area contributed by atoms with Crippen LogP contribution in [0.1, 0.15) is 28.0 Å². The van der Waals surface area contributed by atoms with Crippen LogP contribution in [0.15, 0.2) is 48.8 Å². The number of rotatable bonds is 7. The summed E-state index contributed by atoms with van der Waals surface area (Å²) in [6.07, 6.45) is 4.23. The van der Waals surface area contributed by atoms with Gasteiger partial charge >= 0.3 is 0 Å². The lowest BCUT2D eigenvalue weighted by molar-refractivity contribution is 0.0966. The van der Waals surface area contributed by atoms with Crippen LogP contribution in [0.25, 0.3) is 16.9 Å². The van der Waals surface area contributed by atoms with E-state index in [-0.39, 0.29) is 17.8 Å². The average molecular weight is 503 g/mol. The number of halogens is 1. The van der Waals surface area contributed by atoms with Crippen molar-refractivity contribution >= 4 is 23.1 Å². The third kappa shape index (κ3) is 4.49. The van der Waals surface area contributed by atoms with Crippen molar-refractivity contribution in [1.82, 2.24) is 24.6 Å². The maximum atomic E-state index is 13.7. The van der Waals surface area contributed by atoms with Crippen LogP contribution in [0.2, 0.25) is 0 Å². The quantitative estimate of drug-likeness (QED) is 0.398. The minimum Gasteiger partial charge on any atom is -0.486 e. The molecule has 1 fully saturated rings. The first kappa shape index (κ1) is 23.4. The van der Waals surface area contributed by atoms with Gasteiger partial charge in [0.25, 0.3) is 5.91 Å². The maximum Gasteiger partial charge on any atom is 0.254 e. The van der Waals surface area contributed by atoms with Crippen LogP contribution in [-0.2, 0) is 17.8 Å². The third-order valence-electron chi connectivity index (χ3n) is 6.56. The van der Waals surface area contributed by atoms with Gasteiger partial charge in [-0.05, 0) is 43.9 Å². The summed E-state index contributed by atoms with van der Waals surface area (Å²) in [5.41, 5.74) is 5.05. The predicted octanol–water partition coefficient (Wildman–Crippen LogP) is 3.75. The molecule has 37 heavy (non-hydrogen) atoms. The first-order chi connectivity index (χ1) is 18.0. The van der Waals surface area contributed by atoms with Gasteiger partial charge < -0.3 is 25.0 Å². The van der Waals surface area contributed by atoms with E-state index < -0.39 is 0 Å². The molecule has 4 aromatic rings. The minimum atomic E-state index is -0.347. The highest BCUT2D eigenvalue weighted by molar-refractivity contribution is 6.06. The Bertz CT molecular complexity index is 1500. The van der Waals surface area contributed by atoms with Crippen molar-refractivity contribution in [3.63, 3.8) is 0 Å². The molecule has 1 aromatic carbocycles. The normalized spacial score (nSPS) is 16.9. The maximum absolute atomic E-state index is 13.7. The molecule has 0 spiro atoms. The molecule has 2 aliphatic rings. The van der Waals surface area contributed by atoms with Crippen molar-refractivity contribution < 1.29 is 18.7 Å². The van der Waals surface area contributed by atoms with Gasteiger partial charge in [0.05, 0.1) is 42.0 Å². The van der Waals surface area contributed by atoms with Crippen LogP contribution >= 0.6 is 0 Å². The molecule has 0 bridgehead atoms. The Morgan fingerprint density at radius 2 is 2.16 bits per heavy atom. The molecule has 1 saturated heterocycles. The zero-order chi connectivity index (χ0) is 25.5. The number of carbonyl (C=O) groups is 1. The van der Waals surface area contributed by atoms with Gasteiger partial charge in [-0.3, -0.25) is 9.20 Å². The number of aromatic nitrogens is 3. The van der Waals surface area contributed by atoms with E-state index in [1.165, 1.54) is 12.1 Å². The summed E-state index contributed by atoms with van der Waals surface area (Å²) in [7, 11) is 3.96. The van der Waals surface area contributed by atoms with E-state index >= 15 is 0 Å².